The third-order valence-corrected chi connectivity index (χ3v) is 6.59. The highest BCUT2D eigenvalue weighted by Crippen LogP contribution is 2.26. The molecule has 1 aromatic rings. The van der Waals surface area contributed by atoms with Gasteiger partial charge in [0, 0.05) is 4.88 Å². The van der Waals surface area contributed by atoms with Gasteiger partial charge >= 0.3 is 0 Å². The first-order valence-corrected chi connectivity index (χ1v) is 10.3. The van der Waals surface area contributed by atoms with E-state index in [1.54, 1.807) is 13.0 Å². The van der Waals surface area contributed by atoms with Crippen LogP contribution in [0.4, 0.5) is 0 Å². The Kier molecular flexibility index (Phi) is 6.32. The van der Waals surface area contributed by atoms with Crippen LogP contribution >= 0.6 is 11.3 Å². The van der Waals surface area contributed by atoms with Crippen LogP contribution in [0.1, 0.15) is 31.7 Å². The number of thiophene rings is 1. The van der Waals surface area contributed by atoms with Crippen LogP contribution in [0.25, 0.3) is 0 Å². The summed E-state index contributed by atoms with van der Waals surface area (Å²) in [5.41, 5.74) is 0. The summed E-state index contributed by atoms with van der Waals surface area (Å²) in [6.45, 7) is 5.39. The molecule has 10 heteroatoms. The van der Waals surface area contributed by atoms with Gasteiger partial charge < -0.3 is 4.74 Å². The van der Waals surface area contributed by atoms with Crippen LogP contribution in [-0.4, -0.2) is 35.3 Å². The number of nitrogens with one attached hydrogen (secondary N) is 1. The minimum absolute atomic E-state index is 0.00619. The summed E-state index contributed by atoms with van der Waals surface area (Å²) in [4.78, 5) is 0.576. The van der Waals surface area contributed by atoms with Gasteiger partial charge in [0.2, 0.25) is 20.0 Å². The SMILES string of the molecule is CC(C)OCCS(=O)(=O)NC(C)c1ccc(S(N)(=O)=O)s1. The minimum Gasteiger partial charge on any atom is -0.378 e. The third kappa shape index (κ3) is 6.41. The molecule has 122 valence electrons. The van der Waals surface area contributed by atoms with Gasteiger partial charge in [-0.15, -0.1) is 11.3 Å². The number of sulfonamides is 2. The number of hydrogen-bond donors (Lipinski definition) is 2. The van der Waals surface area contributed by atoms with Gasteiger partial charge in [0.1, 0.15) is 4.21 Å². The predicted molar refractivity (Wildman–Crippen MR) is 82.1 cm³/mol. The molecule has 3 N–H and O–H groups in total. The molecule has 7 nitrogen and oxygen atoms in total. The summed E-state index contributed by atoms with van der Waals surface area (Å²) in [7, 11) is -7.26. The van der Waals surface area contributed by atoms with Crippen molar-refractivity contribution in [1.82, 2.24) is 4.72 Å². The Morgan fingerprint density at radius 3 is 2.33 bits per heavy atom. The van der Waals surface area contributed by atoms with E-state index in [0.29, 0.717) is 4.88 Å². The van der Waals surface area contributed by atoms with Gasteiger partial charge in [-0.1, -0.05) is 0 Å². The zero-order chi connectivity index (χ0) is 16.3. The van der Waals surface area contributed by atoms with E-state index in [2.05, 4.69) is 4.72 Å². The van der Waals surface area contributed by atoms with Crippen LogP contribution in [-0.2, 0) is 24.8 Å². The summed E-state index contributed by atoms with van der Waals surface area (Å²) in [5, 5.41) is 5.02. The summed E-state index contributed by atoms with van der Waals surface area (Å²) < 4.78 is 53.8. The van der Waals surface area contributed by atoms with E-state index in [-0.39, 0.29) is 22.7 Å². The average Bonchev–Trinajstić information content (AvgIpc) is 2.75. The normalized spacial score (nSPS) is 14.5. The molecule has 1 heterocycles. The molecule has 1 unspecified atom stereocenters. The monoisotopic (exact) mass is 356 g/mol. The van der Waals surface area contributed by atoms with E-state index >= 15 is 0 Å². The highest BCUT2D eigenvalue weighted by Gasteiger charge is 2.19. The van der Waals surface area contributed by atoms with Crippen molar-refractivity contribution < 1.29 is 21.6 Å². The minimum atomic E-state index is -3.76. The second kappa shape index (κ2) is 7.16. The zero-order valence-electron chi connectivity index (χ0n) is 12.1. The van der Waals surface area contributed by atoms with Crippen molar-refractivity contribution in [1.29, 1.82) is 0 Å². The van der Waals surface area contributed by atoms with Crippen LogP contribution in [0.5, 0.6) is 0 Å². The lowest BCUT2D eigenvalue weighted by Gasteiger charge is -2.13. The molecule has 0 amide bonds. The second-order valence-corrected chi connectivity index (χ2v) is 9.56. The highest BCUT2D eigenvalue weighted by molar-refractivity contribution is 7.91. The van der Waals surface area contributed by atoms with Gasteiger partial charge in [0.15, 0.2) is 0 Å². The van der Waals surface area contributed by atoms with Crippen molar-refractivity contribution in [2.24, 2.45) is 5.14 Å². The van der Waals surface area contributed by atoms with Crippen LogP contribution in [0.15, 0.2) is 16.3 Å². The van der Waals surface area contributed by atoms with E-state index in [0.717, 1.165) is 11.3 Å². The van der Waals surface area contributed by atoms with Crippen molar-refractivity contribution in [2.75, 3.05) is 12.4 Å². The van der Waals surface area contributed by atoms with E-state index in [1.807, 2.05) is 13.8 Å². The molecule has 0 aliphatic heterocycles. The molecule has 0 aliphatic rings. The number of rotatable bonds is 8. The van der Waals surface area contributed by atoms with Crippen molar-refractivity contribution >= 4 is 31.4 Å². The van der Waals surface area contributed by atoms with Gasteiger partial charge in [-0.2, -0.15) is 0 Å². The second-order valence-electron chi connectivity index (χ2n) is 4.78. The van der Waals surface area contributed by atoms with Crippen molar-refractivity contribution in [3.05, 3.63) is 17.0 Å². The fourth-order valence-corrected chi connectivity index (χ4v) is 4.42. The smallest absolute Gasteiger partial charge is 0.247 e. The Morgan fingerprint density at radius 2 is 1.86 bits per heavy atom. The first-order valence-electron chi connectivity index (χ1n) is 6.25. The lowest BCUT2D eigenvalue weighted by Crippen LogP contribution is -2.30. The maximum Gasteiger partial charge on any atom is 0.247 e. The standard InChI is InChI=1S/C11H20N2O5S3/c1-8(2)18-6-7-20(14,15)13-9(3)10-4-5-11(19-10)21(12,16)17/h4-5,8-9,13H,6-7H2,1-3H3,(H2,12,16,17). The van der Waals surface area contributed by atoms with Gasteiger partial charge in [0.05, 0.1) is 24.5 Å². The molecule has 1 rings (SSSR count). The fraction of sp³-hybridized carbons (Fsp3) is 0.636. The van der Waals surface area contributed by atoms with Crippen molar-refractivity contribution in [2.45, 2.75) is 37.1 Å². The maximum absolute atomic E-state index is 11.9. The van der Waals surface area contributed by atoms with E-state index in [9.17, 15) is 16.8 Å². The summed E-state index contributed by atoms with van der Waals surface area (Å²) >= 11 is 0.946. The molecule has 21 heavy (non-hydrogen) atoms. The first kappa shape index (κ1) is 18.5. The molecule has 0 fully saturated rings. The topological polar surface area (TPSA) is 116 Å². The van der Waals surface area contributed by atoms with E-state index in [4.69, 9.17) is 9.88 Å². The number of primary sulfonamides is 1. The summed E-state index contributed by atoms with van der Waals surface area (Å²) in [6.07, 6.45) is -0.0350. The van der Waals surface area contributed by atoms with Crippen LogP contribution in [0.3, 0.4) is 0 Å². The molecule has 0 aromatic carbocycles. The van der Waals surface area contributed by atoms with E-state index in [1.165, 1.54) is 6.07 Å². The maximum atomic E-state index is 11.9. The Labute approximate surface area is 129 Å². The molecule has 0 saturated heterocycles. The molecule has 0 spiro atoms. The summed E-state index contributed by atoms with van der Waals surface area (Å²) in [5.74, 6) is -0.150. The molecule has 0 radical (unpaired) electrons. The fourth-order valence-electron chi connectivity index (χ4n) is 1.50. The van der Waals surface area contributed by atoms with Crippen LogP contribution in [0, 0.1) is 0 Å². The molecule has 0 aliphatic carbocycles. The number of ether oxygens (including phenoxy) is 1. The quantitative estimate of drug-likeness (QED) is 0.715. The number of nitrogens with two attached hydrogens (primary N) is 1. The molecule has 1 aromatic heterocycles. The predicted octanol–water partition coefficient (Wildman–Crippen LogP) is 0.801. The Bertz CT molecular complexity index is 664. The van der Waals surface area contributed by atoms with Crippen LogP contribution < -0.4 is 9.86 Å². The Morgan fingerprint density at radius 1 is 1.24 bits per heavy atom. The van der Waals surface area contributed by atoms with Gasteiger partial charge in [-0.05, 0) is 32.9 Å². The first-order chi connectivity index (χ1) is 9.51. The zero-order valence-corrected chi connectivity index (χ0v) is 14.5. The lowest BCUT2D eigenvalue weighted by molar-refractivity contribution is 0.0911. The highest BCUT2D eigenvalue weighted by atomic mass is 32.2. The molecule has 0 saturated carbocycles. The van der Waals surface area contributed by atoms with Crippen LogP contribution in [0.2, 0.25) is 0 Å². The molecular formula is C11H20N2O5S3. The lowest BCUT2D eigenvalue weighted by atomic mass is 10.3. The van der Waals surface area contributed by atoms with E-state index < -0.39 is 26.1 Å². The molecule has 0 bridgehead atoms. The van der Waals surface area contributed by atoms with Crippen molar-refractivity contribution in [3.63, 3.8) is 0 Å². The van der Waals surface area contributed by atoms with Gasteiger partial charge in [0.25, 0.3) is 0 Å². The van der Waals surface area contributed by atoms with Gasteiger partial charge in [-0.3, -0.25) is 0 Å². The summed E-state index contributed by atoms with van der Waals surface area (Å²) in [6, 6.07) is 2.37. The van der Waals surface area contributed by atoms with Crippen molar-refractivity contribution in [3.8, 4) is 0 Å². The Hall–Kier alpha value is -0.520. The number of hydrogen-bond acceptors (Lipinski definition) is 6. The molecule has 1 atom stereocenters. The average molecular weight is 356 g/mol. The Balaban J connectivity index is 2.68. The largest absolute Gasteiger partial charge is 0.378 e. The molecular weight excluding hydrogens is 336 g/mol. The van der Waals surface area contributed by atoms with Gasteiger partial charge in [-0.25, -0.2) is 26.7 Å². The third-order valence-electron chi connectivity index (χ3n) is 2.47.